The van der Waals surface area contributed by atoms with Crippen LogP contribution in [0.1, 0.15) is 37.1 Å². The second kappa shape index (κ2) is 8.35. The first-order valence-electron chi connectivity index (χ1n) is 9.04. The van der Waals surface area contributed by atoms with Crippen LogP contribution >= 0.6 is 11.3 Å². The van der Waals surface area contributed by atoms with Gasteiger partial charge in [-0.05, 0) is 30.0 Å². The smallest absolute Gasteiger partial charge is 0.316 e. The van der Waals surface area contributed by atoms with Gasteiger partial charge in [-0.3, -0.25) is 14.4 Å². The number of thiophene rings is 1. The van der Waals surface area contributed by atoms with Crippen molar-refractivity contribution in [2.75, 3.05) is 0 Å². The zero-order valence-electron chi connectivity index (χ0n) is 15.5. The van der Waals surface area contributed by atoms with E-state index in [1.807, 2.05) is 29.6 Å². The molecule has 27 heavy (non-hydrogen) atoms. The zero-order valence-corrected chi connectivity index (χ0v) is 16.3. The minimum Gasteiger partial charge on any atom is -0.348 e. The van der Waals surface area contributed by atoms with Crippen LogP contribution in [0.15, 0.2) is 51.4 Å². The van der Waals surface area contributed by atoms with E-state index in [9.17, 15) is 14.4 Å². The number of nitrogens with one attached hydrogen (secondary N) is 1. The Morgan fingerprint density at radius 1 is 1.11 bits per heavy atom. The van der Waals surface area contributed by atoms with E-state index in [0.717, 1.165) is 17.7 Å². The Balaban J connectivity index is 1.80. The molecule has 0 aliphatic rings. The molecule has 0 aliphatic carbocycles. The molecule has 1 aromatic carbocycles. The van der Waals surface area contributed by atoms with Gasteiger partial charge in [0.2, 0.25) is 5.91 Å². The van der Waals surface area contributed by atoms with Crippen LogP contribution in [0.4, 0.5) is 0 Å². The van der Waals surface area contributed by atoms with Gasteiger partial charge in [0.25, 0.3) is 0 Å². The predicted octanol–water partition coefficient (Wildman–Crippen LogP) is 2.81. The first kappa shape index (κ1) is 19.1. The second-order valence-corrected chi connectivity index (χ2v) is 7.46. The lowest BCUT2D eigenvalue weighted by Gasteiger charge is -2.17. The van der Waals surface area contributed by atoms with Crippen LogP contribution in [-0.4, -0.2) is 15.0 Å². The van der Waals surface area contributed by atoms with Crippen molar-refractivity contribution in [2.45, 2.75) is 38.8 Å². The Labute approximate surface area is 161 Å². The van der Waals surface area contributed by atoms with E-state index in [1.165, 1.54) is 9.13 Å². The summed E-state index contributed by atoms with van der Waals surface area (Å²) in [6.45, 7) is 2.25. The van der Waals surface area contributed by atoms with Crippen LogP contribution in [0.3, 0.4) is 0 Å². The molecule has 0 saturated heterocycles. The number of amides is 1. The van der Waals surface area contributed by atoms with Gasteiger partial charge in [-0.2, -0.15) is 0 Å². The van der Waals surface area contributed by atoms with E-state index in [4.69, 9.17) is 0 Å². The fourth-order valence-electron chi connectivity index (χ4n) is 3.22. The summed E-state index contributed by atoms with van der Waals surface area (Å²) < 4.78 is 2.75. The van der Waals surface area contributed by atoms with Crippen molar-refractivity contribution in [2.24, 2.45) is 7.05 Å². The highest BCUT2D eigenvalue weighted by Gasteiger charge is 2.16. The number of aromatic nitrogens is 2. The molecule has 2 heterocycles. The van der Waals surface area contributed by atoms with Crippen molar-refractivity contribution >= 4 is 28.3 Å². The number of hydrogen-bond donors (Lipinski definition) is 1. The molecule has 0 unspecified atom stereocenters. The Bertz CT molecular complexity index is 1050. The SMILES string of the molecule is CCC[C@@H](NC(=O)CCn1c(=O)c(=O)n(C)c2ccccc21)c1cccs1. The number of benzene rings is 1. The third-order valence-corrected chi connectivity index (χ3v) is 5.61. The van der Waals surface area contributed by atoms with Gasteiger partial charge in [0.15, 0.2) is 0 Å². The number of carbonyl (C=O) groups is 1. The summed E-state index contributed by atoms with van der Waals surface area (Å²) in [6.07, 6.45) is 1.96. The van der Waals surface area contributed by atoms with E-state index >= 15 is 0 Å². The van der Waals surface area contributed by atoms with Gasteiger partial charge < -0.3 is 14.5 Å². The molecule has 6 nitrogen and oxygen atoms in total. The van der Waals surface area contributed by atoms with E-state index in [-0.39, 0.29) is 24.9 Å². The van der Waals surface area contributed by atoms with Crippen molar-refractivity contribution in [3.05, 3.63) is 67.4 Å². The molecular weight excluding hydrogens is 362 g/mol. The van der Waals surface area contributed by atoms with Crippen LogP contribution in [-0.2, 0) is 18.4 Å². The van der Waals surface area contributed by atoms with Crippen molar-refractivity contribution in [1.82, 2.24) is 14.5 Å². The number of hydrogen-bond acceptors (Lipinski definition) is 4. The highest BCUT2D eigenvalue weighted by molar-refractivity contribution is 7.10. The van der Waals surface area contributed by atoms with Crippen LogP contribution < -0.4 is 16.4 Å². The van der Waals surface area contributed by atoms with Crippen LogP contribution in [0, 0.1) is 0 Å². The summed E-state index contributed by atoms with van der Waals surface area (Å²) in [7, 11) is 1.58. The molecule has 0 fully saturated rings. The topological polar surface area (TPSA) is 73.1 Å². The molecule has 142 valence electrons. The summed E-state index contributed by atoms with van der Waals surface area (Å²) in [4.78, 5) is 38.2. The second-order valence-electron chi connectivity index (χ2n) is 6.48. The maximum Gasteiger partial charge on any atom is 0.316 e. The normalized spacial score (nSPS) is 12.2. The molecule has 0 spiro atoms. The Morgan fingerprint density at radius 2 is 1.85 bits per heavy atom. The lowest BCUT2D eigenvalue weighted by molar-refractivity contribution is -0.122. The predicted molar refractivity (Wildman–Crippen MR) is 108 cm³/mol. The molecule has 1 amide bonds. The first-order valence-corrected chi connectivity index (χ1v) is 9.92. The molecule has 3 aromatic rings. The average Bonchev–Trinajstić information content (AvgIpc) is 3.20. The fraction of sp³-hybridized carbons (Fsp3) is 0.350. The summed E-state index contributed by atoms with van der Waals surface area (Å²) in [5.74, 6) is -0.126. The van der Waals surface area contributed by atoms with Gasteiger partial charge in [0, 0.05) is 24.9 Å². The number of carbonyl (C=O) groups excluding carboxylic acids is 1. The van der Waals surface area contributed by atoms with Gasteiger partial charge in [-0.15, -0.1) is 11.3 Å². The Hall–Kier alpha value is -2.67. The Morgan fingerprint density at radius 3 is 2.52 bits per heavy atom. The number of nitrogens with zero attached hydrogens (tertiary/aromatic N) is 2. The number of aryl methyl sites for hydroxylation is 2. The standard InChI is InChI=1S/C20H23N3O3S/c1-3-7-14(17-10-6-13-27-17)21-18(24)11-12-23-16-9-5-4-8-15(16)22(2)19(25)20(23)26/h4-6,8-10,13-14H,3,7,11-12H2,1-2H3,(H,21,24)/t14-/m1/s1. The summed E-state index contributed by atoms with van der Waals surface area (Å²) in [5, 5.41) is 5.05. The van der Waals surface area contributed by atoms with Crippen molar-refractivity contribution in [1.29, 1.82) is 0 Å². The average molecular weight is 385 g/mol. The lowest BCUT2D eigenvalue weighted by Crippen LogP contribution is -2.41. The fourth-order valence-corrected chi connectivity index (χ4v) is 4.03. The highest BCUT2D eigenvalue weighted by atomic mass is 32.1. The number of para-hydroxylation sites is 2. The molecule has 0 aliphatic heterocycles. The molecule has 7 heteroatoms. The molecule has 0 saturated carbocycles. The highest BCUT2D eigenvalue weighted by Crippen LogP contribution is 2.23. The van der Waals surface area contributed by atoms with Crippen molar-refractivity contribution in [3.63, 3.8) is 0 Å². The van der Waals surface area contributed by atoms with E-state index in [0.29, 0.717) is 11.0 Å². The quantitative estimate of drug-likeness (QED) is 0.636. The molecule has 0 bridgehead atoms. The molecule has 3 rings (SSSR count). The van der Waals surface area contributed by atoms with E-state index in [2.05, 4.69) is 12.2 Å². The summed E-state index contributed by atoms with van der Waals surface area (Å²) in [6, 6.07) is 11.2. The van der Waals surface area contributed by atoms with E-state index < -0.39 is 11.1 Å². The third-order valence-electron chi connectivity index (χ3n) is 4.63. The number of rotatable bonds is 7. The van der Waals surface area contributed by atoms with Crippen LogP contribution in [0.2, 0.25) is 0 Å². The first-order chi connectivity index (χ1) is 13.0. The third kappa shape index (κ3) is 4.03. The molecule has 2 aromatic heterocycles. The molecule has 0 radical (unpaired) electrons. The summed E-state index contributed by atoms with van der Waals surface area (Å²) >= 11 is 1.62. The van der Waals surface area contributed by atoms with E-state index in [1.54, 1.807) is 30.5 Å². The van der Waals surface area contributed by atoms with Crippen molar-refractivity contribution in [3.8, 4) is 0 Å². The van der Waals surface area contributed by atoms with Crippen LogP contribution in [0.25, 0.3) is 11.0 Å². The minimum atomic E-state index is -0.604. The van der Waals surface area contributed by atoms with Crippen LogP contribution in [0.5, 0.6) is 0 Å². The van der Waals surface area contributed by atoms with Crippen molar-refractivity contribution < 1.29 is 4.79 Å². The molecular formula is C20H23N3O3S. The van der Waals surface area contributed by atoms with Gasteiger partial charge in [0.1, 0.15) is 0 Å². The zero-order chi connectivity index (χ0) is 19.4. The monoisotopic (exact) mass is 385 g/mol. The number of fused-ring (bicyclic) bond motifs is 1. The maximum atomic E-state index is 12.5. The summed E-state index contributed by atoms with van der Waals surface area (Å²) in [5.41, 5.74) is 0.134. The minimum absolute atomic E-state index is 0.0143. The van der Waals surface area contributed by atoms with Gasteiger partial charge >= 0.3 is 11.1 Å². The van der Waals surface area contributed by atoms with Gasteiger partial charge in [-0.1, -0.05) is 31.5 Å². The lowest BCUT2D eigenvalue weighted by atomic mass is 10.1. The molecule has 1 N–H and O–H groups in total. The largest absolute Gasteiger partial charge is 0.348 e. The Kier molecular flexibility index (Phi) is 5.91. The molecule has 1 atom stereocenters. The maximum absolute atomic E-state index is 12.5. The van der Waals surface area contributed by atoms with Gasteiger partial charge in [-0.25, -0.2) is 0 Å². The van der Waals surface area contributed by atoms with Gasteiger partial charge in [0.05, 0.1) is 17.1 Å².